The standard InChI is InChI=1S/C14H20BrNO/c1-13(2)9-16(17-10-13)14(3,4)11-5-7-12(15)8-6-11/h5-8H,9-10H2,1-4H3. The lowest BCUT2D eigenvalue weighted by atomic mass is 9.90. The van der Waals surface area contributed by atoms with Gasteiger partial charge in [-0.05, 0) is 31.5 Å². The van der Waals surface area contributed by atoms with Crippen LogP contribution >= 0.6 is 15.9 Å². The maximum Gasteiger partial charge on any atom is 0.0749 e. The van der Waals surface area contributed by atoms with Gasteiger partial charge in [0.25, 0.3) is 0 Å². The average molecular weight is 298 g/mol. The van der Waals surface area contributed by atoms with Gasteiger partial charge < -0.3 is 0 Å². The van der Waals surface area contributed by atoms with Crippen LogP contribution in [0, 0.1) is 5.41 Å². The van der Waals surface area contributed by atoms with Gasteiger partial charge in [0.2, 0.25) is 0 Å². The predicted octanol–water partition coefficient (Wildman–Crippen LogP) is 3.96. The first-order valence-electron chi connectivity index (χ1n) is 5.98. The maximum atomic E-state index is 5.84. The summed E-state index contributed by atoms with van der Waals surface area (Å²) >= 11 is 3.47. The largest absolute Gasteiger partial charge is 0.298 e. The van der Waals surface area contributed by atoms with Gasteiger partial charge in [-0.15, -0.1) is 0 Å². The number of halogens is 1. The highest BCUT2D eigenvalue weighted by Crippen LogP contribution is 2.36. The molecule has 2 nitrogen and oxygen atoms in total. The van der Waals surface area contributed by atoms with Crippen molar-refractivity contribution in [2.24, 2.45) is 5.41 Å². The van der Waals surface area contributed by atoms with Gasteiger partial charge in [-0.25, -0.2) is 0 Å². The number of nitrogens with zero attached hydrogens (tertiary/aromatic N) is 1. The fourth-order valence-electron chi connectivity index (χ4n) is 2.09. The molecule has 0 N–H and O–H groups in total. The van der Waals surface area contributed by atoms with Gasteiger partial charge in [0.15, 0.2) is 0 Å². The summed E-state index contributed by atoms with van der Waals surface area (Å²) in [5.74, 6) is 0. The summed E-state index contributed by atoms with van der Waals surface area (Å²) in [6.45, 7) is 10.7. The molecule has 0 aliphatic carbocycles. The Labute approximate surface area is 112 Å². The molecule has 3 heteroatoms. The van der Waals surface area contributed by atoms with Crippen LogP contribution in [0.2, 0.25) is 0 Å². The molecule has 0 radical (unpaired) electrons. The molecule has 1 saturated heterocycles. The molecular weight excluding hydrogens is 278 g/mol. The lowest BCUT2D eigenvalue weighted by molar-refractivity contribution is -0.176. The van der Waals surface area contributed by atoms with E-state index in [2.05, 4.69) is 73.0 Å². The second kappa shape index (κ2) is 4.38. The zero-order valence-corrected chi connectivity index (χ0v) is 12.5. The first-order valence-corrected chi connectivity index (χ1v) is 6.77. The minimum absolute atomic E-state index is 0.0888. The van der Waals surface area contributed by atoms with Crippen molar-refractivity contribution in [1.82, 2.24) is 5.06 Å². The van der Waals surface area contributed by atoms with Crippen LogP contribution in [0.5, 0.6) is 0 Å². The minimum Gasteiger partial charge on any atom is -0.298 e. The molecule has 0 saturated carbocycles. The molecule has 1 aliphatic heterocycles. The van der Waals surface area contributed by atoms with E-state index in [1.807, 2.05) is 0 Å². The molecule has 0 unspecified atom stereocenters. The summed E-state index contributed by atoms with van der Waals surface area (Å²) in [6, 6.07) is 8.47. The third-order valence-electron chi connectivity index (χ3n) is 3.36. The van der Waals surface area contributed by atoms with E-state index in [1.165, 1.54) is 5.56 Å². The molecule has 0 amide bonds. The molecule has 0 atom stereocenters. The second-order valence-electron chi connectivity index (χ2n) is 6.04. The number of rotatable bonds is 2. The van der Waals surface area contributed by atoms with Crippen molar-refractivity contribution in [3.05, 3.63) is 34.3 Å². The number of hydrogen-bond acceptors (Lipinski definition) is 2. The van der Waals surface area contributed by atoms with E-state index < -0.39 is 0 Å². The monoisotopic (exact) mass is 297 g/mol. The maximum absolute atomic E-state index is 5.84. The smallest absolute Gasteiger partial charge is 0.0749 e. The summed E-state index contributed by atoms with van der Waals surface area (Å²) in [5, 5.41) is 2.11. The van der Waals surface area contributed by atoms with E-state index >= 15 is 0 Å². The van der Waals surface area contributed by atoms with Crippen LogP contribution in [-0.4, -0.2) is 18.2 Å². The molecule has 0 bridgehead atoms. The molecule has 2 rings (SSSR count). The topological polar surface area (TPSA) is 12.5 Å². The zero-order chi connectivity index (χ0) is 12.7. The van der Waals surface area contributed by atoms with Crippen molar-refractivity contribution in [2.45, 2.75) is 33.2 Å². The highest BCUT2D eigenvalue weighted by Gasteiger charge is 2.39. The highest BCUT2D eigenvalue weighted by molar-refractivity contribution is 9.10. The van der Waals surface area contributed by atoms with Crippen LogP contribution in [0.15, 0.2) is 28.7 Å². The minimum atomic E-state index is -0.0888. The second-order valence-corrected chi connectivity index (χ2v) is 6.96. The molecule has 1 heterocycles. The summed E-state index contributed by atoms with van der Waals surface area (Å²) < 4.78 is 1.11. The summed E-state index contributed by atoms with van der Waals surface area (Å²) in [4.78, 5) is 5.84. The van der Waals surface area contributed by atoms with Crippen LogP contribution in [0.25, 0.3) is 0 Å². The molecule has 94 valence electrons. The average Bonchev–Trinajstić information content (AvgIpc) is 2.60. The first kappa shape index (κ1) is 13.1. The Bertz CT molecular complexity index is 397. The van der Waals surface area contributed by atoms with Crippen molar-refractivity contribution in [2.75, 3.05) is 13.2 Å². The van der Waals surface area contributed by atoms with Crippen molar-refractivity contribution in [3.63, 3.8) is 0 Å². The highest BCUT2D eigenvalue weighted by atomic mass is 79.9. The Balaban J connectivity index is 2.22. The van der Waals surface area contributed by atoms with Crippen molar-refractivity contribution >= 4 is 15.9 Å². The van der Waals surface area contributed by atoms with Crippen LogP contribution < -0.4 is 0 Å². The van der Waals surface area contributed by atoms with E-state index in [0.29, 0.717) is 0 Å². The Hall–Kier alpha value is -0.380. The van der Waals surface area contributed by atoms with E-state index in [-0.39, 0.29) is 11.0 Å². The SMILES string of the molecule is CC1(C)CON(C(C)(C)c2ccc(Br)cc2)C1. The van der Waals surface area contributed by atoms with Crippen molar-refractivity contribution in [3.8, 4) is 0 Å². The van der Waals surface area contributed by atoms with Crippen LogP contribution in [0.1, 0.15) is 33.3 Å². The van der Waals surface area contributed by atoms with Gasteiger partial charge in [-0.1, -0.05) is 41.9 Å². The van der Waals surface area contributed by atoms with Gasteiger partial charge in [0.1, 0.15) is 0 Å². The van der Waals surface area contributed by atoms with E-state index in [4.69, 9.17) is 4.84 Å². The van der Waals surface area contributed by atoms with Crippen molar-refractivity contribution < 1.29 is 4.84 Å². The van der Waals surface area contributed by atoms with E-state index in [1.54, 1.807) is 0 Å². The number of hydrogen-bond donors (Lipinski definition) is 0. The Morgan fingerprint density at radius 1 is 1.24 bits per heavy atom. The molecule has 1 fully saturated rings. The quantitative estimate of drug-likeness (QED) is 0.819. The molecule has 0 aromatic heterocycles. The molecular formula is C14H20BrNO. The van der Waals surface area contributed by atoms with Gasteiger partial charge in [0.05, 0.1) is 12.1 Å². The lowest BCUT2D eigenvalue weighted by Gasteiger charge is -2.34. The van der Waals surface area contributed by atoms with Crippen LogP contribution in [-0.2, 0) is 10.4 Å². The lowest BCUT2D eigenvalue weighted by Crippen LogP contribution is -2.39. The zero-order valence-electron chi connectivity index (χ0n) is 11.0. The Kier molecular flexibility index (Phi) is 3.36. The summed E-state index contributed by atoms with van der Waals surface area (Å²) in [6.07, 6.45) is 0. The fourth-order valence-corrected chi connectivity index (χ4v) is 2.36. The van der Waals surface area contributed by atoms with Gasteiger partial charge in [0, 0.05) is 16.4 Å². The van der Waals surface area contributed by atoms with E-state index in [0.717, 1.165) is 17.6 Å². The Morgan fingerprint density at radius 2 is 1.82 bits per heavy atom. The fraction of sp³-hybridized carbons (Fsp3) is 0.571. The summed E-state index contributed by atoms with van der Waals surface area (Å²) in [5.41, 5.74) is 1.43. The van der Waals surface area contributed by atoms with Gasteiger partial charge in [-0.2, -0.15) is 5.06 Å². The normalized spacial score (nSPS) is 20.8. The number of benzene rings is 1. The third-order valence-corrected chi connectivity index (χ3v) is 3.89. The van der Waals surface area contributed by atoms with Crippen molar-refractivity contribution in [1.29, 1.82) is 0 Å². The third kappa shape index (κ3) is 2.72. The molecule has 1 aliphatic rings. The van der Waals surface area contributed by atoms with Crippen LogP contribution in [0.4, 0.5) is 0 Å². The molecule has 0 spiro atoms. The van der Waals surface area contributed by atoms with E-state index in [9.17, 15) is 0 Å². The first-order chi connectivity index (χ1) is 7.81. The Morgan fingerprint density at radius 3 is 2.29 bits per heavy atom. The molecule has 17 heavy (non-hydrogen) atoms. The molecule has 1 aromatic rings. The summed E-state index contributed by atoms with van der Waals surface area (Å²) in [7, 11) is 0. The van der Waals surface area contributed by atoms with Gasteiger partial charge >= 0.3 is 0 Å². The van der Waals surface area contributed by atoms with Gasteiger partial charge in [-0.3, -0.25) is 4.84 Å². The molecule has 1 aromatic carbocycles. The predicted molar refractivity (Wildman–Crippen MR) is 73.6 cm³/mol. The van der Waals surface area contributed by atoms with Crippen LogP contribution in [0.3, 0.4) is 0 Å². The number of hydroxylamine groups is 2.